The molecule has 0 fully saturated rings. The summed E-state index contributed by atoms with van der Waals surface area (Å²) < 4.78 is 4.50. The van der Waals surface area contributed by atoms with Crippen molar-refractivity contribution in [2.24, 2.45) is 0 Å². The number of nitrogens with one attached hydrogen (secondary N) is 1. The van der Waals surface area contributed by atoms with E-state index in [1.165, 1.54) is 7.11 Å². The van der Waals surface area contributed by atoms with Crippen molar-refractivity contribution >= 4 is 12.5 Å². The molecule has 1 aromatic rings. The molecule has 1 rings (SSSR count). The predicted octanol–water partition coefficient (Wildman–Crippen LogP) is 0.801. The van der Waals surface area contributed by atoms with Crippen molar-refractivity contribution < 1.29 is 19.5 Å². The molecule has 18 heavy (non-hydrogen) atoms. The standard InChI is InChI=1S/C12H16N2O4/c1-18-12(16)13-11(8-14(17)9-15)7-10-5-3-2-4-6-10/h2-6,9,11,17H,7-8H2,1H3,(H,13,16). The molecule has 0 spiro atoms. The monoisotopic (exact) mass is 252 g/mol. The van der Waals surface area contributed by atoms with Gasteiger partial charge in [0.1, 0.15) is 0 Å². The number of hydroxylamine groups is 2. The smallest absolute Gasteiger partial charge is 0.407 e. The second kappa shape index (κ2) is 7.29. The number of benzene rings is 1. The molecule has 1 atom stereocenters. The van der Waals surface area contributed by atoms with E-state index in [0.29, 0.717) is 11.5 Å². The molecule has 0 radical (unpaired) electrons. The molecule has 1 aromatic carbocycles. The first-order valence-electron chi connectivity index (χ1n) is 5.45. The zero-order valence-corrected chi connectivity index (χ0v) is 10.1. The minimum Gasteiger partial charge on any atom is -0.453 e. The van der Waals surface area contributed by atoms with Crippen LogP contribution in [-0.4, -0.2) is 42.5 Å². The molecule has 0 saturated heterocycles. The van der Waals surface area contributed by atoms with Crippen LogP contribution in [0.2, 0.25) is 0 Å². The van der Waals surface area contributed by atoms with Crippen LogP contribution < -0.4 is 5.32 Å². The van der Waals surface area contributed by atoms with E-state index >= 15 is 0 Å². The summed E-state index contributed by atoms with van der Waals surface area (Å²) in [6.45, 7) is -0.00645. The van der Waals surface area contributed by atoms with E-state index in [2.05, 4.69) is 10.1 Å². The Morgan fingerprint density at radius 3 is 2.72 bits per heavy atom. The third kappa shape index (κ3) is 4.84. The molecule has 0 aromatic heterocycles. The Morgan fingerprint density at radius 1 is 1.50 bits per heavy atom. The molecule has 0 aliphatic carbocycles. The van der Waals surface area contributed by atoms with Crippen LogP contribution in [0, 0.1) is 0 Å². The van der Waals surface area contributed by atoms with Crippen LogP contribution in [0.1, 0.15) is 5.56 Å². The average Bonchev–Trinajstić information content (AvgIpc) is 2.39. The van der Waals surface area contributed by atoms with Gasteiger partial charge in [0.05, 0.1) is 19.7 Å². The summed E-state index contributed by atoms with van der Waals surface area (Å²) in [7, 11) is 1.26. The van der Waals surface area contributed by atoms with Crippen molar-refractivity contribution in [1.29, 1.82) is 0 Å². The highest BCUT2D eigenvalue weighted by atomic mass is 16.5. The maximum Gasteiger partial charge on any atom is 0.407 e. The highest BCUT2D eigenvalue weighted by Crippen LogP contribution is 2.04. The lowest BCUT2D eigenvalue weighted by molar-refractivity contribution is -0.150. The molecule has 0 aliphatic rings. The quantitative estimate of drug-likeness (QED) is 0.446. The van der Waals surface area contributed by atoms with E-state index in [-0.39, 0.29) is 13.0 Å². The van der Waals surface area contributed by atoms with Crippen molar-refractivity contribution in [2.45, 2.75) is 12.5 Å². The second-order valence-corrected chi connectivity index (χ2v) is 3.75. The number of hydrogen-bond acceptors (Lipinski definition) is 4. The van der Waals surface area contributed by atoms with Crippen molar-refractivity contribution in [1.82, 2.24) is 10.4 Å². The minimum atomic E-state index is -0.602. The lowest BCUT2D eigenvalue weighted by Crippen LogP contribution is -2.43. The molecule has 2 N–H and O–H groups in total. The molecule has 98 valence electrons. The first-order chi connectivity index (χ1) is 8.65. The maximum absolute atomic E-state index is 11.2. The molecular weight excluding hydrogens is 236 g/mol. The van der Waals surface area contributed by atoms with Crippen LogP contribution in [0.5, 0.6) is 0 Å². The number of rotatable bonds is 6. The van der Waals surface area contributed by atoms with Crippen molar-refractivity contribution in [3.8, 4) is 0 Å². The van der Waals surface area contributed by atoms with Gasteiger partial charge in [-0.25, -0.2) is 9.86 Å². The minimum absolute atomic E-state index is 0.00645. The van der Waals surface area contributed by atoms with E-state index in [0.717, 1.165) is 5.56 Å². The van der Waals surface area contributed by atoms with Gasteiger partial charge in [-0.1, -0.05) is 30.3 Å². The summed E-state index contributed by atoms with van der Waals surface area (Å²) in [5.74, 6) is 0. The molecule has 0 aliphatic heterocycles. The topological polar surface area (TPSA) is 78.9 Å². The summed E-state index contributed by atoms with van der Waals surface area (Å²) in [4.78, 5) is 21.5. The van der Waals surface area contributed by atoms with E-state index in [1.807, 2.05) is 30.3 Å². The van der Waals surface area contributed by atoms with Crippen molar-refractivity contribution in [2.75, 3.05) is 13.7 Å². The Morgan fingerprint density at radius 2 is 2.17 bits per heavy atom. The van der Waals surface area contributed by atoms with Gasteiger partial charge in [-0.3, -0.25) is 10.0 Å². The van der Waals surface area contributed by atoms with E-state index in [4.69, 9.17) is 5.21 Å². The fourth-order valence-corrected chi connectivity index (χ4v) is 1.55. The normalized spacial score (nSPS) is 11.4. The van der Waals surface area contributed by atoms with Crippen LogP contribution in [-0.2, 0) is 16.0 Å². The van der Waals surface area contributed by atoms with E-state index in [9.17, 15) is 9.59 Å². The van der Waals surface area contributed by atoms with Gasteiger partial charge >= 0.3 is 6.09 Å². The fourth-order valence-electron chi connectivity index (χ4n) is 1.55. The third-order valence-electron chi connectivity index (χ3n) is 2.36. The summed E-state index contributed by atoms with van der Waals surface area (Å²) >= 11 is 0. The molecule has 6 heteroatoms. The number of nitrogens with zero attached hydrogens (tertiary/aromatic N) is 1. The lowest BCUT2D eigenvalue weighted by Gasteiger charge is -2.20. The first-order valence-corrected chi connectivity index (χ1v) is 5.45. The number of amides is 2. The highest BCUT2D eigenvalue weighted by Gasteiger charge is 2.15. The van der Waals surface area contributed by atoms with Crippen molar-refractivity contribution in [3.05, 3.63) is 35.9 Å². The van der Waals surface area contributed by atoms with Crippen LogP contribution in [0.3, 0.4) is 0 Å². The lowest BCUT2D eigenvalue weighted by atomic mass is 10.1. The molecule has 0 bridgehead atoms. The van der Waals surface area contributed by atoms with Gasteiger partial charge in [-0.15, -0.1) is 0 Å². The maximum atomic E-state index is 11.2. The summed E-state index contributed by atoms with van der Waals surface area (Å²) in [5.41, 5.74) is 0.984. The second-order valence-electron chi connectivity index (χ2n) is 3.75. The van der Waals surface area contributed by atoms with Crippen molar-refractivity contribution in [3.63, 3.8) is 0 Å². The average molecular weight is 252 g/mol. The van der Waals surface area contributed by atoms with Gasteiger partial charge in [0.15, 0.2) is 0 Å². The number of alkyl carbamates (subject to hydrolysis) is 1. The number of methoxy groups -OCH3 is 1. The first kappa shape index (κ1) is 14.0. The van der Waals surface area contributed by atoms with Crippen LogP contribution >= 0.6 is 0 Å². The van der Waals surface area contributed by atoms with Crippen LogP contribution in [0.25, 0.3) is 0 Å². The van der Waals surface area contributed by atoms with Crippen LogP contribution in [0.15, 0.2) is 30.3 Å². The molecule has 2 amide bonds. The van der Waals surface area contributed by atoms with Gasteiger partial charge in [-0.05, 0) is 12.0 Å². The Kier molecular flexibility index (Phi) is 5.66. The van der Waals surface area contributed by atoms with Crippen LogP contribution in [0.4, 0.5) is 4.79 Å². The Balaban J connectivity index is 2.64. The Hall–Kier alpha value is -2.08. The molecule has 0 saturated carbocycles. The summed E-state index contributed by atoms with van der Waals surface area (Å²) in [6.07, 6.45) is 0.174. The van der Waals surface area contributed by atoms with Gasteiger partial charge in [0.2, 0.25) is 6.41 Å². The number of carbonyl (C=O) groups is 2. The Labute approximate surface area is 105 Å². The zero-order valence-electron chi connectivity index (χ0n) is 10.1. The van der Waals surface area contributed by atoms with Gasteiger partial charge in [-0.2, -0.15) is 0 Å². The molecule has 6 nitrogen and oxygen atoms in total. The molecule has 0 heterocycles. The van der Waals surface area contributed by atoms with Gasteiger partial charge < -0.3 is 10.1 Å². The summed E-state index contributed by atoms with van der Waals surface area (Å²) in [6, 6.07) is 9.01. The van der Waals surface area contributed by atoms with E-state index in [1.54, 1.807) is 0 Å². The number of ether oxygens (including phenoxy) is 1. The SMILES string of the molecule is COC(=O)NC(Cc1ccccc1)CN(O)C=O. The number of carbonyl (C=O) groups excluding carboxylic acids is 2. The number of hydrogen-bond donors (Lipinski definition) is 2. The van der Waals surface area contributed by atoms with E-state index < -0.39 is 12.1 Å². The largest absolute Gasteiger partial charge is 0.453 e. The van der Waals surface area contributed by atoms with Gasteiger partial charge in [0.25, 0.3) is 0 Å². The fraction of sp³-hybridized carbons (Fsp3) is 0.333. The highest BCUT2D eigenvalue weighted by molar-refractivity contribution is 5.67. The van der Waals surface area contributed by atoms with Gasteiger partial charge in [0, 0.05) is 0 Å². The predicted molar refractivity (Wildman–Crippen MR) is 64.0 cm³/mol. The molecule has 1 unspecified atom stereocenters. The molecular formula is C12H16N2O4. The summed E-state index contributed by atoms with van der Waals surface area (Å²) in [5, 5.41) is 12.2. The zero-order chi connectivity index (χ0) is 13.4. The third-order valence-corrected chi connectivity index (χ3v) is 2.36. The Bertz CT molecular complexity index is 383.